The number of aromatic nitrogens is 3. The lowest BCUT2D eigenvalue weighted by atomic mass is 9.85. The highest BCUT2D eigenvalue weighted by molar-refractivity contribution is 5.92. The molecule has 8 heteroatoms. The van der Waals surface area contributed by atoms with Gasteiger partial charge in [-0.2, -0.15) is 0 Å². The molecule has 0 saturated carbocycles. The molecule has 2 amide bonds. The summed E-state index contributed by atoms with van der Waals surface area (Å²) in [6.07, 6.45) is 2.44. The molecule has 0 unspecified atom stereocenters. The van der Waals surface area contributed by atoms with Crippen LogP contribution in [0.4, 0.5) is 0 Å². The van der Waals surface area contributed by atoms with Crippen LogP contribution in [0.2, 0.25) is 0 Å². The van der Waals surface area contributed by atoms with E-state index in [9.17, 15) is 9.59 Å². The smallest absolute Gasteiger partial charge is 0.273 e. The van der Waals surface area contributed by atoms with Crippen LogP contribution in [0, 0.1) is 0 Å². The average molecular weight is 404 g/mol. The number of nitrogens with two attached hydrogens (primary N) is 1. The molecule has 1 aliphatic rings. The minimum absolute atomic E-state index is 0.142. The van der Waals surface area contributed by atoms with Crippen molar-refractivity contribution in [3.8, 4) is 5.69 Å². The Labute approximate surface area is 174 Å². The molecular formula is C22H24N6O2. The zero-order chi connectivity index (χ0) is 20.9. The predicted octanol–water partition coefficient (Wildman–Crippen LogP) is 1.34. The maximum atomic E-state index is 12.9. The Kier molecular flexibility index (Phi) is 5.85. The van der Waals surface area contributed by atoms with E-state index in [0.717, 1.165) is 24.2 Å². The van der Waals surface area contributed by atoms with Crippen LogP contribution >= 0.6 is 0 Å². The number of hydrogen-bond acceptors (Lipinski definition) is 5. The second-order valence-corrected chi connectivity index (χ2v) is 7.47. The van der Waals surface area contributed by atoms with Gasteiger partial charge in [-0.3, -0.25) is 14.5 Å². The van der Waals surface area contributed by atoms with Crippen molar-refractivity contribution in [1.82, 2.24) is 25.2 Å². The maximum absolute atomic E-state index is 12.9. The van der Waals surface area contributed by atoms with Gasteiger partial charge in [0.05, 0.1) is 18.4 Å². The Morgan fingerprint density at radius 3 is 2.47 bits per heavy atom. The first-order chi connectivity index (χ1) is 14.6. The van der Waals surface area contributed by atoms with Crippen molar-refractivity contribution in [2.75, 3.05) is 19.6 Å². The van der Waals surface area contributed by atoms with E-state index in [-0.39, 0.29) is 36.0 Å². The van der Waals surface area contributed by atoms with Gasteiger partial charge in [0.1, 0.15) is 0 Å². The van der Waals surface area contributed by atoms with Gasteiger partial charge in [-0.05, 0) is 30.7 Å². The molecule has 1 aliphatic heterocycles. The molecule has 154 valence electrons. The number of para-hydroxylation sites is 1. The van der Waals surface area contributed by atoms with E-state index in [1.807, 2.05) is 53.4 Å². The molecule has 3 aromatic rings. The summed E-state index contributed by atoms with van der Waals surface area (Å²) in [7, 11) is 0. The number of nitrogens with one attached hydrogen (secondary N) is 1. The van der Waals surface area contributed by atoms with E-state index in [1.54, 1.807) is 10.9 Å². The Morgan fingerprint density at radius 1 is 1.07 bits per heavy atom. The topological polar surface area (TPSA) is 106 Å². The van der Waals surface area contributed by atoms with Crippen LogP contribution in [0.25, 0.3) is 5.69 Å². The van der Waals surface area contributed by atoms with Gasteiger partial charge in [-0.15, -0.1) is 5.10 Å². The van der Waals surface area contributed by atoms with Gasteiger partial charge in [0.25, 0.3) is 5.91 Å². The summed E-state index contributed by atoms with van der Waals surface area (Å²) < 4.78 is 1.57. The molecule has 1 fully saturated rings. The van der Waals surface area contributed by atoms with Crippen molar-refractivity contribution in [3.05, 3.63) is 78.1 Å². The van der Waals surface area contributed by atoms with E-state index < -0.39 is 0 Å². The van der Waals surface area contributed by atoms with Crippen molar-refractivity contribution in [3.63, 3.8) is 0 Å². The first-order valence-corrected chi connectivity index (χ1v) is 9.94. The number of carbonyl (C=O) groups excluding carboxylic acids is 2. The molecule has 1 aromatic heterocycles. The molecule has 8 nitrogen and oxygen atoms in total. The first kappa shape index (κ1) is 19.8. The predicted molar refractivity (Wildman–Crippen MR) is 112 cm³/mol. The van der Waals surface area contributed by atoms with E-state index in [4.69, 9.17) is 5.73 Å². The Hall–Kier alpha value is -3.52. The molecule has 1 saturated heterocycles. The summed E-state index contributed by atoms with van der Waals surface area (Å²) >= 11 is 0. The fourth-order valence-electron chi connectivity index (χ4n) is 3.95. The summed E-state index contributed by atoms with van der Waals surface area (Å²) in [5, 5.41) is 11.2. The highest BCUT2D eigenvalue weighted by atomic mass is 16.2. The summed E-state index contributed by atoms with van der Waals surface area (Å²) in [6.45, 7) is 1.47. The van der Waals surface area contributed by atoms with Crippen LogP contribution in [0.3, 0.4) is 0 Å². The van der Waals surface area contributed by atoms with Gasteiger partial charge < -0.3 is 11.1 Å². The SMILES string of the molecule is NC(=O)CN1CC[C@@H](c2ccccc2)[C@@H](NC(=O)c2cn(-c3ccccc3)nn2)C1. The van der Waals surface area contributed by atoms with Crippen molar-refractivity contribution < 1.29 is 9.59 Å². The van der Waals surface area contributed by atoms with Gasteiger partial charge in [-0.1, -0.05) is 53.7 Å². The Bertz CT molecular complexity index is 1000. The Balaban J connectivity index is 1.52. The number of benzene rings is 2. The quantitative estimate of drug-likeness (QED) is 0.645. The van der Waals surface area contributed by atoms with Crippen LogP contribution in [0.5, 0.6) is 0 Å². The lowest BCUT2D eigenvalue weighted by Crippen LogP contribution is -2.53. The van der Waals surface area contributed by atoms with Gasteiger partial charge in [0.2, 0.25) is 5.91 Å². The zero-order valence-electron chi connectivity index (χ0n) is 16.5. The van der Waals surface area contributed by atoms with E-state index in [1.165, 1.54) is 0 Å². The summed E-state index contributed by atoms with van der Waals surface area (Å²) in [6, 6.07) is 19.4. The number of likely N-dealkylation sites (tertiary alicyclic amines) is 1. The van der Waals surface area contributed by atoms with Gasteiger partial charge in [0.15, 0.2) is 5.69 Å². The van der Waals surface area contributed by atoms with Crippen molar-refractivity contribution in [1.29, 1.82) is 0 Å². The molecule has 30 heavy (non-hydrogen) atoms. The summed E-state index contributed by atoms with van der Waals surface area (Å²) in [4.78, 5) is 26.3. The lowest BCUT2D eigenvalue weighted by Gasteiger charge is -2.38. The molecule has 0 spiro atoms. The molecule has 3 N–H and O–H groups in total. The van der Waals surface area contributed by atoms with E-state index in [2.05, 4.69) is 27.8 Å². The maximum Gasteiger partial charge on any atom is 0.273 e. The number of carbonyl (C=O) groups is 2. The third-order valence-electron chi connectivity index (χ3n) is 5.37. The summed E-state index contributed by atoms with van der Waals surface area (Å²) in [5.41, 5.74) is 7.62. The largest absolute Gasteiger partial charge is 0.369 e. The second-order valence-electron chi connectivity index (χ2n) is 7.47. The fraction of sp³-hybridized carbons (Fsp3) is 0.273. The monoisotopic (exact) mass is 404 g/mol. The number of primary amides is 1. The number of nitrogens with zero attached hydrogens (tertiary/aromatic N) is 4. The number of hydrogen-bond donors (Lipinski definition) is 2. The molecule has 0 aliphatic carbocycles. The second kappa shape index (κ2) is 8.87. The normalized spacial score (nSPS) is 19.3. The highest BCUT2D eigenvalue weighted by Gasteiger charge is 2.32. The van der Waals surface area contributed by atoms with Crippen LogP contribution in [0.15, 0.2) is 66.9 Å². The van der Waals surface area contributed by atoms with Gasteiger partial charge in [-0.25, -0.2) is 4.68 Å². The van der Waals surface area contributed by atoms with Crippen LogP contribution in [0.1, 0.15) is 28.4 Å². The molecule has 0 radical (unpaired) electrons. The van der Waals surface area contributed by atoms with E-state index in [0.29, 0.717) is 6.54 Å². The van der Waals surface area contributed by atoms with Gasteiger partial charge in [0, 0.05) is 18.5 Å². The molecule has 2 atom stereocenters. The third kappa shape index (κ3) is 4.55. The third-order valence-corrected chi connectivity index (χ3v) is 5.37. The van der Waals surface area contributed by atoms with Crippen LogP contribution in [-0.4, -0.2) is 57.4 Å². The van der Waals surface area contributed by atoms with Crippen LogP contribution in [-0.2, 0) is 4.79 Å². The van der Waals surface area contributed by atoms with Crippen molar-refractivity contribution >= 4 is 11.8 Å². The van der Waals surface area contributed by atoms with Crippen LogP contribution < -0.4 is 11.1 Å². The van der Waals surface area contributed by atoms with Crippen molar-refractivity contribution in [2.24, 2.45) is 5.73 Å². The van der Waals surface area contributed by atoms with Crippen molar-refractivity contribution in [2.45, 2.75) is 18.4 Å². The first-order valence-electron chi connectivity index (χ1n) is 9.94. The highest BCUT2D eigenvalue weighted by Crippen LogP contribution is 2.28. The number of piperidine rings is 1. The molecule has 0 bridgehead atoms. The summed E-state index contributed by atoms with van der Waals surface area (Å²) in [5.74, 6) is -0.517. The number of amides is 2. The average Bonchev–Trinajstić information content (AvgIpc) is 3.25. The fourth-order valence-corrected chi connectivity index (χ4v) is 3.95. The molecule has 2 aromatic carbocycles. The minimum atomic E-state index is -0.371. The Morgan fingerprint density at radius 2 is 1.77 bits per heavy atom. The number of rotatable bonds is 6. The molecule has 2 heterocycles. The molecular weight excluding hydrogens is 380 g/mol. The van der Waals surface area contributed by atoms with E-state index >= 15 is 0 Å². The molecule has 4 rings (SSSR count). The standard InChI is InChI=1S/C22H24N6O2/c23-21(29)15-27-12-11-18(16-7-3-1-4-8-16)19(13-27)24-22(30)20-14-28(26-25-20)17-9-5-2-6-10-17/h1-10,14,18-19H,11-13,15H2,(H2,23,29)(H,24,30)/t18-,19-/m0/s1. The zero-order valence-corrected chi connectivity index (χ0v) is 16.5. The van der Waals surface area contributed by atoms with Gasteiger partial charge >= 0.3 is 0 Å². The minimum Gasteiger partial charge on any atom is -0.369 e. The lowest BCUT2D eigenvalue weighted by molar-refractivity contribution is -0.119.